The lowest BCUT2D eigenvalue weighted by Crippen LogP contribution is -2.43. The first-order chi connectivity index (χ1) is 14.0. The Bertz CT molecular complexity index is 1020. The summed E-state index contributed by atoms with van der Waals surface area (Å²) in [5.41, 5.74) is 3.39. The number of amides is 1. The van der Waals surface area contributed by atoms with Crippen LogP contribution in [0, 0.1) is 6.92 Å². The van der Waals surface area contributed by atoms with E-state index in [1.807, 2.05) is 19.1 Å². The molecule has 0 fully saturated rings. The van der Waals surface area contributed by atoms with Crippen LogP contribution in [0.3, 0.4) is 0 Å². The summed E-state index contributed by atoms with van der Waals surface area (Å²) in [6.45, 7) is 1.95. The van der Waals surface area contributed by atoms with Gasteiger partial charge in [0.15, 0.2) is 0 Å². The van der Waals surface area contributed by atoms with Crippen molar-refractivity contribution in [1.82, 2.24) is 15.3 Å². The Morgan fingerprint density at radius 2 is 1.69 bits per heavy atom. The van der Waals surface area contributed by atoms with E-state index in [4.69, 9.17) is 4.74 Å². The summed E-state index contributed by atoms with van der Waals surface area (Å²) < 4.78 is 4.83. The molecule has 1 aromatic carbocycles. The van der Waals surface area contributed by atoms with E-state index in [0.717, 1.165) is 11.1 Å². The maximum atomic E-state index is 12.8. The van der Waals surface area contributed by atoms with E-state index in [1.54, 1.807) is 30.5 Å². The average Bonchev–Trinajstić information content (AvgIpc) is 2.74. The second kappa shape index (κ2) is 8.97. The molecule has 0 aliphatic heterocycles. The number of methoxy groups -OCH3 is 1. The maximum absolute atomic E-state index is 12.8. The van der Waals surface area contributed by atoms with Crippen molar-refractivity contribution in [3.8, 4) is 17.1 Å². The fraction of sp³-hybridized carbons (Fsp3) is 0.182. The predicted octanol–water partition coefficient (Wildman–Crippen LogP) is 2.67. The van der Waals surface area contributed by atoms with Gasteiger partial charge in [0.25, 0.3) is 5.91 Å². The van der Waals surface area contributed by atoms with Gasteiger partial charge in [-0.1, -0.05) is 12.1 Å². The van der Waals surface area contributed by atoms with Crippen molar-refractivity contribution in [3.63, 3.8) is 0 Å². The van der Waals surface area contributed by atoms with Crippen LogP contribution in [-0.4, -0.2) is 40.1 Å². The van der Waals surface area contributed by atoms with Crippen molar-refractivity contribution in [3.05, 3.63) is 77.6 Å². The molecule has 148 valence electrons. The molecule has 1 amide bonds. The number of aromatic hydroxyl groups is 1. The number of nitrogens with zero attached hydrogens (tertiary/aromatic N) is 2. The Morgan fingerprint density at radius 1 is 1.03 bits per heavy atom. The Labute approximate surface area is 168 Å². The molecule has 3 rings (SSSR count). The van der Waals surface area contributed by atoms with Gasteiger partial charge in [0, 0.05) is 24.4 Å². The molecule has 1 atom stereocenters. The van der Waals surface area contributed by atoms with Crippen molar-refractivity contribution in [2.24, 2.45) is 0 Å². The van der Waals surface area contributed by atoms with E-state index in [9.17, 15) is 14.7 Å². The summed E-state index contributed by atoms with van der Waals surface area (Å²) in [5.74, 6) is -0.849. The molecule has 0 saturated carbocycles. The first kappa shape index (κ1) is 20.0. The van der Waals surface area contributed by atoms with E-state index in [-0.39, 0.29) is 12.2 Å². The fourth-order valence-corrected chi connectivity index (χ4v) is 2.83. The number of rotatable bonds is 6. The van der Waals surface area contributed by atoms with Crippen LogP contribution in [0.25, 0.3) is 11.4 Å². The zero-order chi connectivity index (χ0) is 20.8. The first-order valence-electron chi connectivity index (χ1n) is 9.02. The van der Waals surface area contributed by atoms with Crippen LogP contribution in [0.1, 0.15) is 21.5 Å². The number of phenolic OH excluding ortho intramolecular Hbond substituents is 1. The minimum Gasteiger partial charge on any atom is -0.508 e. The molecule has 7 nitrogen and oxygen atoms in total. The van der Waals surface area contributed by atoms with Gasteiger partial charge in [0.1, 0.15) is 11.8 Å². The van der Waals surface area contributed by atoms with Gasteiger partial charge in [-0.3, -0.25) is 14.8 Å². The number of carbonyl (C=O) groups is 2. The number of nitrogens with one attached hydrogen (secondary N) is 1. The third-order valence-corrected chi connectivity index (χ3v) is 4.37. The molecule has 2 heterocycles. The molecule has 2 N–H and O–H groups in total. The highest BCUT2D eigenvalue weighted by Crippen LogP contribution is 2.17. The summed E-state index contributed by atoms with van der Waals surface area (Å²) in [6.07, 6.45) is 3.45. The molecule has 0 radical (unpaired) electrons. The van der Waals surface area contributed by atoms with Crippen LogP contribution < -0.4 is 5.32 Å². The third kappa shape index (κ3) is 5.16. The standard InChI is InChI=1S/C22H21N3O4/c1-14-7-9-23-18(11-14)19-13-16(8-10-24-19)21(27)25-20(22(28)29-2)12-15-3-5-17(26)6-4-15/h3-11,13,20,26H,12H2,1-2H3,(H,25,27)/t20-/m0/s1. The number of hydrogen-bond acceptors (Lipinski definition) is 6. The molecule has 3 aromatic rings. The number of esters is 1. The van der Waals surface area contributed by atoms with Crippen molar-refractivity contribution < 1.29 is 19.4 Å². The number of benzene rings is 1. The van der Waals surface area contributed by atoms with Crippen LogP contribution in [0.15, 0.2) is 60.9 Å². The van der Waals surface area contributed by atoms with Crippen LogP contribution in [0.4, 0.5) is 0 Å². The van der Waals surface area contributed by atoms with Gasteiger partial charge in [0.05, 0.1) is 18.5 Å². The number of pyridine rings is 2. The molecule has 0 aliphatic rings. The molecule has 0 aliphatic carbocycles. The maximum Gasteiger partial charge on any atom is 0.328 e. The van der Waals surface area contributed by atoms with Crippen molar-refractivity contribution >= 4 is 11.9 Å². The zero-order valence-corrected chi connectivity index (χ0v) is 16.1. The Kier molecular flexibility index (Phi) is 6.19. The van der Waals surface area contributed by atoms with Crippen LogP contribution >= 0.6 is 0 Å². The molecule has 0 saturated heterocycles. The quantitative estimate of drug-likeness (QED) is 0.627. The Balaban J connectivity index is 1.79. The number of aromatic nitrogens is 2. The summed E-state index contributed by atoms with van der Waals surface area (Å²) in [5, 5.41) is 12.1. The van der Waals surface area contributed by atoms with Gasteiger partial charge in [-0.25, -0.2) is 4.79 Å². The molecule has 2 aromatic heterocycles. The molecular formula is C22H21N3O4. The van der Waals surface area contributed by atoms with Gasteiger partial charge < -0.3 is 15.2 Å². The second-order valence-electron chi connectivity index (χ2n) is 6.57. The monoisotopic (exact) mass is 391 g/mol. The number of aryl methyl sites for hydroxylation is 1. The fourth-order valence-electron chi connectivity index (χ4n) is 2.83. The molecule has 0 bridgehead atoms. The van der Waals surface area contributed by atoms with E-state index < -0.39 is 17.9 Å². The van der Waals surface area contributed by atoms with Crippen molar-refractivity contribution in [2.45, 2.75) is 19.4 Å². The molecule has 0 unspecified atom stereocenters. The van der Waals surface area contributed by atoms with Crippen LogP contribution in [0.5, 0.6) is 5.75 Å². The average molecular weight is 391 g/mol. The molecular weight excluding hydrogens is 370 g/mol. The first-order valence-corrected chi connectivity index (χ1v) is 9.02. The normalized spacial score (nSPS) is 11.5. The van der Waals surface area contributed by atoms with E-state index >= 15 is 0 Å². The van der Waals surface area contributed by atoms with Crippen molar-refractivity contribution in [2.75, 3.05) is 7.11 Å². The Morgan fingerprint density at radius 3 is 2.34 bits per heavy atom. The number of ether oxygens (including phenoxy) is 1. The van der Waals surface area contributed by atoms with Gasteiger partial charge >= 0.3 is 5.97 Å². The van der Waals surface area contributed by atoms with Crippen molar-refractivity contribution in [1.29, 1.82) is 0 Å². The summed E-state index contributed by atoms with van der Waals surface area (Å²) in [6, 6.07) is 12.5. The zero-order valence-electron chi connectivity index (χ0n) is 16.1. The van der Waals surface area contributed by atoms with Gasteiger partial charge in [-0.05, 0) is 54.4 Å². The molecule has 0 spiro atoms. The number of carbonyl (C=O) groups excluding carboxylic acids is 2. The molecule has 7 heteroatoms. The van der Waals surface area contributed by atoms with Crippen LogP contribution in [0.2, 0.25) is 0 Å². The topological polar surface area (TPSA) is 101 Å². The highest BCUT2D eigenvalue weighted by molar-refractivity contribution is 5.97. The Hall–Kier alpha value is -3.74. The minimum absolute atomic E-state index is 0.126. The lowest BCUT2D eigenvalue weighted by molar-refractivity contribution is -0.142. The SMILES string of the molecule is COC(=O)[C@H](Cc1ccc(O)cc1)NC(=O)c1ccnc(-c2cc(C)ccn2)c1. The van der Waals surface area contributed by atoms with E-state index in [2.05, 4.69) is 15.3 Å². The van der Waals surface area contributed by atoms with E-state index in [1.165, 1.54) is 25.4 Å². The number of hydrogen-bond donors (Lipinski definition) is 2. The van der Waals surface area contributed by atoms with Gasteiger partial charge in [-0.2, -0.15) is 0 Å². The summed E-state index contributed by atoms with van der Waals surface area (Å²) in [7, 11) is 1.27. The second-order valence-corrected chi connectivity index (χ2v) is 6.57. The van der Waals surface area contributed by atoms with Gasteiger partial charge in [-0.15, -0.1) is 0 Å². The third-order valence-electron chi connectivity index (χ3n) is 4.37. The summed E-state index contributed by atoms with van der Waals surface area (Å²) in [4.78, 5) is 33.5. The predicted molar refractivity (Wildman–Crippen MR) is 107 cm³/mol. The number of phenols is 1. The highest BCUT2D eigenvalue weighted by Gasteiger charge is 2.23. The lowest BCUT2D eigenvalue weighted by Gasteiger charge is -2.17. The lowest BCUT2D eigenvalue weighted by atomic mass is 10.0. The summed E-state index contributed by atoms with van der Waals surface area (Å²) >= 11 is 0. The minimum atomic E-state index is -0.870. The van der Waals surface area contributed by atoms with E-state index in [0.29, 0.717) is 17.0 Å². The smallest absolute Gasteiger partial charge is 0.328 e. The highest BCUT2D eigenvalue weighted by atomic mass is 16.5. The molecule has 29 heavy (non-hydrogen) atoms. The van der Waals surface area contributed by atoms with Gasteiger partial charge in [0.2, 0.25) is 0 Å². The largest absolute Gasteiger partial charge is 0.508 e. The van der Waals surface area contributed by atoms with Crippen LogP contribution in [-0.2, 0) is 16.0 Å².